The Bertz CT molecular complexity index is 1010. The normalized spacial score (nSPS) is 17.6. The predicted octanol–water partition coefficient (Wildman–Crippen LogP) is 2.26. The molecular formula is C20H19N5O3. The number of hydrogen-bond donors (Lipinski definition) is 3. The number of nitrogens with zero attached hydrogens (tertiary/aromatic N) is 2. The van der Waals surface area contributed by atoms with Crippen LogP contribution in [0.5, 0.6) is 0 Å². The van der Waals surface area contributed by atoms with Crippen LogP contribution in [0.15, 0.2) is 54.6 Å². The lowest BCUT2D eigenvalue weighted by atomic mass is 10.1. The molecule has 8 nitrogen and oxygen atoms in total. The number of hydrogen-bond acceptors (Lipinski definition) is 4. The van der Waals surface area contributed by atoms with Gasteiger partial charge >= 0.3 is 6.03 Å². The average molecular weight is 377 g/mol. The first-order chi connectivity index (χ1) is 13.5. The van der Waals surface area contributed by atoms with Gasteiger partial charge in [-0.1, -0.05) is 30.3 Å². The molecule has 1 aliphatic rings. The number of H-pyrrole nitrogens is 1. The molecular weight excluding hydrogens is 358 g/mol. The molecule has 2 aromatic carbocycles. The van der Waals surface area contributed by atoms with Crippen molar-refractivity contribution in [2.75, 3.05) is 4.90 Å². The van der Waals surface area contributed by atoms with Gasteiger partial charge in [-0.05, 0) is 31.2 Å². The number of nitrogens with one attached hydrogen (secondary N) is 3. The van der Waals surface area contributed by atoms with Crippen molar-refractivity contribution >= 4 is 34.6 Å². The fourth-order valence-electron chi connectivity index (χ4n) is 3.22. The molecule has 1 aromatic heterocycles. The highest BCUT2D eigenvalue weighted by atomic mass is 16.2. The number of para-hydroxylation sites is 3. The molecule has 0 spiro atoms. The van der Waals surface area contributed by atoms with Gasteiger partial charge in [-0.3, -0.25) is 9.59 Å². The van der Waals surface area contributed by atoms with E-state index in [0.29, 0.717) is 11.5 Å². The first-order valence-electron chi connectivity index (χ1n) is 8.96. The SMILES string of the molecule is C[C@H](NC(=O)C[C@H]1NC(=O)N(c2ccccc2)C1=O)c1nc2ccccc2[nH]1. The number of imide groups is 1. The van der Waals surface area contributed by atoms with Crippen LogP contribution in [-0.2, 0) is 9.59 Å². The number of aromatic amines is 1. The minimum Gasteiger partial charge on any atom is -0.346 e. The number of aromatic nitrogens is 2. The van der Waals surface area contributed by atoms with Gasteiger partial charge in [0.1, 0.15) is 11.9 Å². The number of imidazole rings is 1. The van der Waals surface area contributed by atoms with Crippen LogP contribution in [0.4, 0.5) is 10.5 Å². The number of amides is 4. The van der Waals surface area contributed by atoms with E-state index in [1.807, 2.05) is 24.3 Å². The van der Waals surface area contributed by atoms with E-state index in [1.54, 1.807) is 37.3 Å². The maximum Gasteiger partial charge on any atom is 0.329 e. The summed E-state index contributed by atoms with van der Waals surface area (Å²) in [5.74, 6) is -0.161. The molecule has 1 saturated heterocycles. The van der Waals surface area contributed by atoms with Gasteiger partial charge in [0.25, 0.3) is 5.91 Å². The van der Waals surface area contributed by atoms with Crippen LogP contribution in [0.2, 0.25) is 0 Å². The van der Waals surface area contributed by atoms with Gasteiger partial charge in [-0.2, -0.15) is 0 Å². The molecule has 4 rings (SSSR count). The maximum absolute atomic E-state index is 12.6. The number of urea groups is 1. The highest BCUT2D eigenvalue weighted by molar-refractivity contribution is 6.22. The Morgan fingerprint density at radius 1 is 1.14 bits per heavy atom. The van der Waals surface area contributed by atoms with Gasteiger partial charge in [0.15, 0.2) is 0 Å². The van der Waals surface area contributed by atoms with E-state index in [2.05, 4.69) is 20.6 Å². The Kier molecular flexibility index (Phi) is 4.52. The summed E-state index contributed by atoms with van der Waals surface area (Å²) in [5, 5.41) is 5.39. The van der Waals surface area contributed by atoms with Gasteiger partial charge in [-0.25, -0.2) is 14.7 Å². The Hall–Kier alpha value is -3.68. The summed E-state index contributed by atoms with van der Waals surface area (Å²) in [5.41, 5.74) is 2.18. The highest BCUT2D eigenvalue weighted by Crippen LogP contribution is 2.20. The molecule has 28 heavy (non-hydrogen) atoms. The molecule has 1 aliphatic heterocycles. The third-order valence-electron chi connectivity index (χ3n) is 4.62. The number of anilines is 1. The van der Waals surface area contributed by atoms with Crippen molar-refractivity contribution < 1.29 is 14.4 Å². The van der Waals surface area contributed by atoms with E-state index in [9.17, 15) is 14.4 Å². The molecule has 1 fully saturated rings. The van der Waals surface area contributed by atoms with Crippen molar-refractivity contribution in [1.29, 1.82) is 0 Å². The Morgan fingerprint density at radius 2 is 1.86 bits per heavy atom. The zero-order valence-electron chi connectivity index (χ0n) is 15.2. The smallest absolute Gasteiger partial charge is 0.329 e. The van der Waals surface area contributed by atoms with Crippen LogP contribution in [-0.4, -0.2) is 33.9 Å². The Morgan fingerprint density at radius 3 is 2.61 bits per heavy atom. The van der Waals surface area contributed by atoms with Crippen molar-refractivity contribution in [2.45, 2.75) is 25.4 Å². The molecule has 0 radical (unpaired) electrons. The third-order valence-corrected chi connectivity index (χ3v) is 4.62. The Labute approximate surface area is 160 Å². The summed E-state index contributed by atoms with van der Waals surface area (Å²) >= 11 is 0. The fourth-order valence-corrected chi connectivity index (χ4v) is 3.22. The van der Waals surface area contributed by atoms with Crippen molar-refractivity contribution in [1.82, 2.24) is 20.6 Å². The molecule has 0 unspecified atom stereocenters. The van der Waals surface area contributed by atoms with Crippen LogP contribution in [0.3, 0.4) is 0 Å². The molecule has 2 atom stereocenters. The Balaban J connectivity index is 1.41. The number of benzene rings is 2. The molecule has 2 heterocycles. The molecule has 0 aliphatic carbocycles. The first kappa shape index (κ1) is 17.7. The van der Waals surface area contributed by atoms with Crippen LogP contribution < -0.4 is 15.5 Å². The second-order valence-electron chi connectivity index (χ2n) is 6.64. The summed E-state index contributed by atoms with van der Waals surface area (Å²) in [6.07, 6.45) is -0.140. The monoisotopic (exact) mass is 377 g/mol. The van der Waals surface area contributed by atoms with Crippen LogP contribution in [0, 0.1) is 0 Å². The maximum atomic E-state index is 12.6. The van der Waals surface area contributed by atoms with Gasteiger partial charge in [0.2, 0.25) is 5.91 Å². The van der Waals surface area contributed by atoms with E-state index in [1.165, 1.54) is 0 Å². The van der Waals surface area contributed by atoms with E-state index in [0.717, 1.165) is 15.9 Å². The second-order valence-corrected chi connectivity index (χ2v) is 6.64. The van der Waals surface area contributed by atoms with Crippen molar-refractivity contribution in [3.63, 3.8) is 0 Å². The van der Waals surface area contributed by atoms with Gasteiger partial charge in [-0.15, -0.1) is 0 Å². The molecule has 0 bridgehead atoms. The first-order valence-corrected chi connectivity index (χ1v) is 8.96. The quantitative estimate of drug-likeness (QED) is 0.593. The number of rotatable bonds is 5. The van der Waals surface area contributed by atoms with Crippen molar-refractivity contribution in [3.8, 4) is 0 Å². The lowest BCUT2D eigenvalue weighted by Gasteiger charge is -2.14. The third kappa shape index (κ3) is 3.32. The minimum absolute atomic E-state index is 0.140. The summed E-state index contributed by atoms with van der Waals surface area (Å²) in [7, 11) is 0. The summed E-state index contributed by atoms with van der Waals surface area (Å²) in [6, 6.07) is 14.4. The number of carbonyl (C=O) groups is 3. The molecule has 0 saturated carbocycles. The topological polar surface area (TPSA) is 107 Å². The van der Waals surface area contributed by atoms with E-state index >= 15 is 0 Å². The molecule has 3 N–H and O–H groups in total. The molecule has 8 heteroatoms. The van der Waals surface area contributed by atoms with E-state index in [4.69, 9.17) is 0 Å². The lowest BCUT2D eigenvalue weighted by Crippen LogP contribution is -2.37. The lowest BCUT2D eigenvalue weighted by molar-refractivity contribution is -0.126. The number of fused-ring (bicyclic) bond motifs is 1. The molecule has 4 amide bonds. The number of carbonyl (C=O) groups excluding carboxylic acids is 3. The van der Waals surface area contributed by atoms with Crippen molar-refractivity contribution in [3.05, 3.63) is 60.4 Å². The standard InChI is InChI=1S/C20H19N5O3/c1-12(18-22-14-9-5-6-10-15(14)23-18)21-17(26)11-16-19(27)25(20(28)24-16)13-7-3-2-4-8-13/h2-10,12,16H,11H2,1H3,(H,21,26)(H,22,23)(H,24,28)/t12-,16+/m0/s1. The largest absolute Gasteiger partial charge is 0.346 e. The fraction of sp³-hybridized carbons (Fsp3) is 0.200. The highest BCUT2D eigenvalue weighted by Gasteiger charge is 2.40. The minimum atomic E-state index is -0.893. The zero-order valence-corrected chi connectivity index (χ0v) is 15.2. The van der Waals surface area contributed by atoms with Gasteiger partial charge < -0.3 is 15.6 Å². The summed E-state index contributed by atoms with van der Waals surface area (Å²) in [4.78, 5) is 45.8. The average Bonchev–Trinajstić information content (AvgIpc) is 3.23. The summed E-state index contributed by atoms with van der Waals surface area (Å²) < 4.78 is 0. The van der Waals surface area contributed by atoms with Crippen LogP contribution in [0.25, 0.3) is 11.0 Å². The van der Waals surface area contributed by atoms with Crippen LogP contribution >= 0.6 is 0 Å². The van der Waals surface area contributed by atoms with Gasteiger partial charge in [0.05, 0.1) is 29.2 Å². The molecule has 3 aromatic rings. The van der Waals surface area contributed by atoms with E-state index in [-0.39, 0.29) is 18.4 Å². The van der Waals surface area contributed by atoms with Crippen molar-refractivity contribution in [2.24, 2.45) is 0 Å². The molecule has 142 valence electrons. The second kappa shape index (κ2) is 7.15. The van der Waals surface area contributed by atoms with E-state index < -0.39 is 18.0 Å². The van der Waals surface area contributed by atoms with Gasteiger partial charge in [0, 0.05) is 0 Å². The van der Waals surface area contributed by atoms with Crippen LogP contribution in [0.1, 0.15) is 25.2 Å². The summed E-state index contributed by atoms with van der Waals surface area (Å²) in [6.45, 7) is 1.81. The zero-order chi connectivity index (χ0) is 19.7. The predicted molar refractivity (Wildman–Crippen MR) is 104 cm³/mol.